The highest BCUT2D eigenvalue weighted by molar-refractivity contribution is 6.27. The molecule has 50 heavy (non-hydrogen) atoms. The third kappa shape index (κ3) is 6.02. The number of hydrogen-bond acceptors (Lipinski definition) is 8. The first-order chi connectivity index (χ1) is 24.3. The topological polar surface area (TPSA) is 142 Å². The van der Waals surface area contributed by atoms with Gasteiger partial charge in [0.25, 0.3) is 11.8 Å². The molecule has 2 saturated heterocycles. The van der Waals surface area contributed by atoms with Crippen LogP contribution in [-0.4, -0.2) is 73.2 Å². The number of carbonyl (C=O) groups is 4. The van der Waals surface area contributed by atoms with E-state index in [2.05, 4.69) is 54.8 Å². The largest absolute Gasteiger partial charge is 0.348 e. The minimum Gasteiger partial charge on any atom is -0.348 e. The number of carbonyl (C=O) groups excluding carboxylic acids is 4. The number of aromatic nitrogens is 4. The SMILES string of the molecule is Cc1cc(C(=O)NC2CCN(Cc3ccc(Cc4ccc5c6c(cccc46)C(=O)N5C4CCC(=O)NC4=O)cc3)CC2)nc(-n2ccnc2)n1. The number of nitrogens with one attached hydrogen (secondary N) is 2. The summed E-state index contributed by atoms with van der Waals surface area (Å²) >= 11 is 0. The van der Waals surface area contributed by atoms with Crippen molar-refractivity contribution in [1.82, 2.24) is 35.1 Å². The van der Waals surface area contributed by atoms with E-state index in [9.17, 15) is 19.2 Å². The molecular weight excluding hydrogens is 632 g/mol. The summed E-state index contributed by atoms with van der Waals surface area (Å²) in [7, 11) is 0. The van der Waals surface area contributed by atoms with Gasteiger partial charge in [0, 0.05) is 61.1 Å². The molecular formula is C38H36N8O4. The number of piperidine rings is 2. The van der Waals surface area contributed by atoms with Gasteiger partial charge in [-0.05, 0) is 72.9 Å². The van der Waals surface area contributed by atoms with E-state index in [1.807, 2.05) is 37.3 Å². The van der Waals surface area contributed by atoms with Gasteiger partial charge in [-0.1, -0.05) is 42.5 Å². The van der Waals surface area contributed by atoms with Crippen molar-refractivity contribution < 1.29 is 19.2 Å². The molecule has 0 radical (unpaired) electrons. The Labute approximate surface area is 288 Å². The summed E-state index contributed by atoms with van der Waals surface area (Å²) in [6.45, 7) is 4.44. The van der Waals surface area contributed by atoms with Crippen molar-refractivity contribution in [2.24, 2.45) is 0 Å². The molecule has 3 aliphatic heterocycles. The summed E-state index contributed by atoms with van der Waals surface area (Å²) in [4.78, 5) is 67.8. The zero-order valence-electron chi connectivity index (χ0n) is 27.6. The minimum atomic E-state index is -0.699. The second-order valence-corrected chi connectivity index (χ2v) is 13.3. The Hall–Kier alpha value is -5.75. The van der Waals surface area contributed by atoms with Crippen LogP contribution in [-0.2, 0) is 22.6 Å². The Morgan fingerprint density at radius 2 is 1.76 bits per heavy atom. The van der Waals surface area contributed by atoms with Gasteiger partial charge in [0.05, 0.1) is 5.69 Å². The molecule has 0 spiro atoms. The van der Waals surface area contributed by atoms with Crippen molar-refractivity contribution >= 4 is 40.1 Å². The lowest BCUT2D eigenvalue weighted by atomic mass is 9.95. The van der Waals surface area contributed by atoms with Crippen molar-refractivity contribution in [1.29, 1.82) is 0 Å². The van der Waals surface area contributed by atoms with Crippen LogP contribution in [0.5, 0.6) is 0 Å². The van der Waals surface area contributed by atoms with E-state index in [0.29, 0.717) is 30.0 Å². The van der Waals surface area contributed by atoms with Crippen LogP contribution in [0, 0.1) is 6.92 Å². The number of rotatable bonds is 8. The summed E-state index contributed by atoms with van der Waals surface area (Å²) in [6.07, 6.45) is 7.95. The van der Waals surface area contributed by atoms with E-state index < -0.39 is 11.9 Å². The monoisotopic (exact) mass is 668 g/mol. The summed E-state index contributed by atoms with van der Waals surface area (Å²) in [5.74, 6) is -0.693. The average Bonchev–Trinajstić information content (AvgIpc) is 3.75. The molecule has 2 aromatic heterocycles. The van der Waals surface area contributed by atoms with Crippen LogP contribution in [0.3, 0.4) is 0 Å². The van der Waals surface area contributed by atoms with Crippen LogP contribution in [0.1, 0.15) is 68.9 Å². The van der Waals surface area contributed by atoms with Crippen LogP contribution >= 0.6 is 0 Å². The standard InChI is InChI=1S/C38H36N8O4/c1-23-19-30(42-38(40-23)45-18-15-39-22-45)35(48)41-27-13-16-44(17-14-27)21-25-7-5-24(6-8-25)20-26-9-10-31-34-28(26)3-2-4-29(34)37(50)46(31)32-11-12-33(47)43-36(32)49/h2-10,15,18-19,22,27,32H,11-14,16-17,20-21H2,1H3,(H,41,48)(H,43,47,49). The van der Waals surface area contributed by atoms with Crippen LogP contribution in [0.15, 0.2) is 79.4 Å². The Morgan fingerprint density at radius 1 is 0.960 bits per heavy atom. The van der Waals surface area contributed by atoms with Gasteiger partial charge < -0.3 is 5.32 Å². The van der Waals surface area contributed by atoms with Crippen molar-refractivity contribution in [2.75, 3.05) is 18.0 Å². The van der Waals surface area contributed by atoms with E-state index in [1.165, 1.54) is 11.1 Å². The Bertz CT molecular complexity index is 2140. The van der Waals surface area contributed by atoms with Crippen LogP contribution in [0.25, 0.3) is 16.7 Å². The Balaban J connectivity index is 0.885. The Kier molecular flexibility index (Phi) is 8.15. The summed E-state index contributed by atoms with van der Waals surface area (Å²) < 4.78 is 1.69. The molecule has 3 aromatic carbocycles. The molecule has 2 N–H and O–H groups in total. The zero-order chi connectivity index (χ0) is 34.4. The van der Waals surface area contributed by atoms with Crippen molar-refractivity contribution in [3.8, 4) is 5.95 Å². The van der Waals surface area contributed by atoms with Crippen LogP contribution in [0.4, 0.5) is 5.69 Å². The predicted octanol–water partition coefficient (Wildman–Crippen LogP) is 3.87. The molecule has 12 heteroatoms. The fourth-order valence-electron chi connectivity index (χ4n) is 7.36. The maximum atomic E-state index is 13.5. The third-order valence-electron chi connectivity index (χ3n) is 9.90. The number of anilines is 1. The third-order valence-corrected chi connectivity index (χ3v) is 9.90. The molecule has 0 saturated carbocycles. The highest BCUT2D eigenvalue weighted by Gasteiger charge is 2.40. The van der Waals surface area contributed by atoms with Gasteiger partial charge >= 0.3 is 0 Å². The number of aryl methyl sites for hydroxylation is 1. The highest BCUT2D eigenvalue weighted by Crippen LogP contribution is 2.41. The normalized spacial score (nSPS) is 18.1. The maximum Gasteiger partial charge on any atom is 0.270 e. The molecule has 3 aliphatic rings. The molecule has 2 fully saturated rings. The number of amides is 4. The van der Waals surface area contributed by atoms with E-state index in [-0.39, 0.29) is 30.2 Å². The van der Waals surface area contributed by atoms with Gasteiger partial charge in [0.2, 0.25) is 17.8 Å². The molecule has 1 atom stereocenters. The first kappa shape index (κ1) is 31.5. The van der Waals surface area contributed by atoms with Gasteiger partial charge in [-0.2, -0.15) is 0 Å². The molecule has 8 rings (SSSR count). The average molecular weight is 669 g/mol. The number of nitrogens with zero attached hydrogens (tertiary/aromatic N) is 6. The lowest BCUT2D eigenvalue weighted by Gasteiger charge is -2.32. The van der Waals surface area contributed by atoms with Crippen molar-refractivity contribution in [2.45, 2.75) is 57.7 Å². The quantitative estimate of drug-likeness (QED) is 0.238. The van der Waals surface area contributed by atoms with Crippen molar-refractivity contribution in [3.05, 3.63) is 113 Å². The molecule has 1 unspecified atom stereocenters. The van der Waals surface area contributed by atoms with Crippen LogP contribution < -0.4 is 15.5 Å². The van der Waals surface area contributed by atoms with E-state index in [1.54, 1.807) is 34.3 Å². The molecule has 0 bridgehead atoms. The second kappa shape index (κ2) is 12.9. The van der Waals surface area contributed by atoms with E-state index >= 15 is 0 Å². The molecule has 252 valence electrons. The number of imidazole rings is 1. The molecule has 0 aliphatic carbocycles. The predicted molar refractivity (Wildman–Crippen MR) is 186 cm³/mol. The van der Waals surface area contributed by atoms with E-state index in [4.69, 9.17) is 0 Å². The zero-order valence-corrected chi connectivity index (χ0v) is 27.6. The number of benzene rings is 3. The summed E-state index contributed by atoms with van der Waals surface area (Å²) in [5.41, 5.74) is 5.88. The summed E-state index contributed by atoms with van der Waals surface area (Å²) in [5, 5.41) is 7.41. The smallest absolute Gasteiger partial charge is 0.270 e. The molecule has 5 heterocycles. The molecule has 12 nitrogen and oxygen atoms in total. The fraction of sp³-hybridized carbons (Fsp3) is 0.289. The minimum absolute atomic E-state index is 0.0808. The van der Waals surface area contributed by atoms with Gasteiger partial charge in [0.15, 0.2) is 0 Å². The number of hydrogen-bond donors (Lipinski definition) is 2. The Morgan fingerprint density at radius 3 is 2.52 bits per heavy atom. The fourth-order valence-corrected chi connectivity index (χ4v) is 7.36. The van der Waals surface area contributed by atoms with Gasteiger partial charge in [-0.3, -0.25) is 38.9 Å². The summed E-state index contributed by atoms with van der Waals surface area (Å²) in [6, 6.07) is 19.5. The first-order valence-electron chi connectivity index (χ1n) is 17.0. The number of imide groups is 1. The molecule has 5 aromatic rings. The molecule has 4 amide bonds. The first-order valence-corrected chi connectivity index (χ1v) is 17.0. The van der Waals surface area contributed by atoms with Gasteiger partial charge in [0.1, 0.15) is 18.1 Å². The lowest BCUT2D eigenvalue weighted by molar-refractivity contribution is -0.134. The second-order valence-electron chi connectivity index (χ2n) is 13.3. The lowest BCUT2D eigenvalue weighted by Crippen LogP contribution is -2.53. The number of likely N-dealkylation sites (tertiary alicyclic amines) is 1. The maximum absolute atomic E-state index is 13.5. The highest BCUT2D eigenvalue weighted by atomic mass is 16.2. The van der Waals surface area contributed by atoms with E-state index in [0.717, 1.165) is 60.2 Å². The van der Waals surface area contributed by atoms with Gasteiger partial charge in [-0.25, -0.2) is 15.0 Å². The van der Waals surface area contributed by atoms with Crippen LogP contribution in [0.2, 0.25) is 0 Å². The van der Waals surface area contributed by atoms with Crippen molar-refractivity contribution in [3.63, 3.8) is 0 Å². The van der Waals surface area contributed by atoms with Gasteiger partial charge in [-0.15, -0.1) is 0 Å².